The molecule has 0 spiro atoms. The van der Waals surface area contributed by atoms with Gasteiger partial charge in [0.2, 0.25) is 0 Å². The molecule has 1 aliphatic rings. The van der Waals surface area contributed by atoms with Gasteiger partial charge in [0.05, 0.1) is 0 Å². The van der Waals surface area contributed by atoms with Gasteiger partial charge in [-0.25, -0.2) is 0 Å². The second kappa shape index (κ2) is 13.0. The van der Waals surface area contributed by atoms with Crippen LogP contribution < -0.4 is 4.90 Å². The third-order valence-corrected chi connectivity index (χ3v) is 12.1. The molecule has 0 saturated carbocycles. The van der Waals surface area contributed by atoms with Gasteiger partial charge in [-0.3, -0.25) is 0 Å². The van der Waals surface area contributed by atoms with Crippen LogP contribution in [0.3, 0.4) is 0 Å². The number of fused-ring (bicyclic) bond motifs is 8. The van der Waals surface area contributed by atoms with Gasteiger partial charge in [0, 0.05) is 38.6 Å². The standard InChI is InChI=1S/C55H39NO/c1-55(2)51-33-40(36-13-5-3-6-14-36)27-31-45(51)46-32-30-43(34-52(46)55)56(41-15-7-4-8-16-41)42-28-25-38(26-29-42)37-21-23-39(24-22-37)49-35-50-47-18-11-12-20-53(47)57-54(50)48-19-10-9-17-44(48)49/h3-35H,1-2H3. The minimum absolute atomic E-state index is 0.145. The van der Waals surface area contributed by atoms with E-state index in [1.54, 1.807) is 0 Å². The Kier molecular flexibility index (Phi) is 7.55. The lowest BCUT2D eigenvalue weighted by molar-refractivity contribution is 0.660. The van der Waals surface area contributed by atoms with Gasteiger partial charge in [-0.1, -0.05) is 159 Å². The van der Waals surface area contributed by atoms with Crippen molar-refractivity contribution in [1.29, 1.82) is 0 Å². The average molecular weight is 730 g/mol. The molecule has 1 aromatic heterocycles. The Balaban J connectivity index is 0.935. The van der Waals surface area contributed by atoms with E-state index in [0.717, 1.165) is 44.4 Å². The minimum Gasteiger partial charge on any atom is -0.455 e. The lowest BCUT2D eigenvalue weighted by Gasteiger charge is -2.28. The molecule has 1 aliphatic carbocycles. The van der Waals surface area contributed by atoms with Crippen molar-refractivity contribution in [3.8, 4) is 44.5 Å². The highest BCUT2D eigenvalue weighted by Gasteiger charge is 2.36. The van der Waals surface area contributed by atoms with Crippen molar-refractivity contribution in [1.82, 2.24) is 0 Å². The normalized spacial score (nSPS) is 12.9. The Labute approximate surface area is 332 Å². The lowest BCUT2D eigenvalue weighted by atomic mass is 9.81. The molecule has 0 aliphatic heterocycles. The predicted octanol–water partition coefficient (Wildman–Crippen LogP) is 15.5. The van der Waals surface area contributed by atoms with E-state index in [1.165, 1.54) is 61.0 Å². The van der Waals surface area contributed by atoms with Gasteiger partial charge < -0.3 is 9.32 Å². The molecule has 57 heavy (non-hydrogen) atoms. The molecule has 0 amide bonds. The number of benzene rings is 9. The van der Waals surface area contributed by atoms with Gasteiger partial charge in [-0.05, 0) is 116 Å². The van der Waals surface area contributed by atoms with Crippen LogP contribution in [-0.2, 0) is 5.41 Å². The van der Waals surface area contributed by atoms with E-state index in [2.05, 4.69) is 213 Å². The Hall–Kier alpha value is -7.16. The fourth-order valence-electron chi connectivity index (χ4n) is 9.13. The van der Waals surface area contributed by atoms with Crippen molar-refractivity contribution >= 4 is 49.8 Å². The summed E-state index contributed by atoms with van der Waals surface area (Å²) in [7, 11) is 0. The summed E-state index contributed by atoms with van der Waals surface area (Å²) in [6, 6.07) is 72.6. The molecular weight excluding hydrogens is 691 g/mol. The summed E-state index contributed by atoms with van der Waals surface area (Å²) in [4.78, 5) is 2.38. The Morgan fingerprint density at radius 1 is 0.351 bits per heavy atom. The summed E-state index contributed by atoms with van der Waals surface area (Å²) in [6.45, 7) is 4.73. The van der Waals surface area contributed by atoms with Crippen molar-refractivity contribution in [3.05, 3.63) is 211 Å². The monoisotopic (exact) mass is 729 g/mol. The maximum Gasteiger partial charge on any atom is 0.143 e. The SMILES string of the molecule is CC1(C)c2cc(-c3ccccc3)ccc2-c2ccc(N(c3ccccc3)c3ccc(-c4ccc(-c5cc6c7ccccc7oc6c6ccccc56)cc4)cc3)cc21. The molecule has 9 aromatic carbocycles. The van der Waals surface area contributed by atoms with Gasteiger partial charge in [0.1, 0.15) is 11.2 Å². The number of rotatable bonds is 6. The van der Waals surface area contributed by atoms with Crippen LogP contribution in [0.5, 0.6) is 0 Å². The maximum absolute atomic E-state index is 6.37. The molecular formula is C55H39NO. The second-order valence-corrected chi connectivity index (χ2v) is 15.7. The third-order valence-electron chi connectivity index (χ3n) is 12.1. The summed E-state index contributed by atoms with van der Waals surface area (Å²) in [5.74, 6) is 0. The van der Waals surface area contributed by atoms with Crippen LogP contribution in [0, 0.1) is 0 Å². The van der Waals surface area contributed by atoms with E-state index in [9.17, 15) is 0 Å². The number of furan rings is 1. The van der Waals surface area contributed by atoms with Crippen molar-refractivity contribution in [2.75, 3.05) is 4.90 Å². The van der Waals surface area contributed by atoms with Crippen molar-refractivity contribution < 1.29 is 4.42 Å². The number of nitrogens with zero attached hydrogens (tertiary/aromatic N) is 1. The minimum atomic E-state index is -0.145. The smallest absolute Gasteiger partial charge is 0.143 e. The van der Waals surface area contributed by atoms with Crippen molar-refractivity contribution in [2.24, 2.45) is 0 Å². The summed E-state index contributed by atoms with van der Waals surface area (Å²) >= 11 is 0. The first kappa shape index (κ1) is 33.2. The van der Waals surface area contributed by atoms with Crippen LogP contribution in [0.1, 0.15) is 25.0 Å². The van der Waals surface area contributed by atoms with Crippen molar-refractivity contribution in [3.63, 3.8) is 0 Å². The van der Waals surface area contributed by atoms with Crippen LogP contribution in [-0.4, -0.2) is 0 Å². The highest BCUT2D eigenvalue weighted by molar-refractivity contribution is 6.19. The summed E-state index contributed by atoms with van der Waals surface area (Å²) in [5, 5.41) is 4.62. The fourth-order valence-corrected chi connectivity index (χ4v) is 9.13. The lowest BCUT2D eigenvalue weighted by Crippen LogP contribution is -2.16. The Morgan fingerprint density at radius 2 is 0.860 bits per heavy atom. The largest absolute Gasteiger partial charge is 0.455 e. The molecule has 0 N–H and O–H groups in total. The van der Waals surface area contributed by atoms with Gasteiger partial charge in [-0.15, -0.1) is 0 Å². The van der Waals surface area contributed by atoms with E-state index >= 15 is 0 Å². The first-order valence-electron chi connectivity index (χ1n) is 19.8. The topological polar surface area (TPSA) is 16.4 Å². The Morgan fingerprint density at radius 3 is 1.60 bits per heavy atom. The number of para-hydroxylation sites is 2. The molecule has 0 unspecified atom stereocenters. The number of hydrogen-bond acceptors (Lipinski definition) is 2. The predicted molar refractivity (Wildman–Crippen MR) is 240 cm³/mol. The zero-order valence-corrected chi connectivity index (χ0v) is 31.9. The summed E-state index contributed by atoms with van der Waals surface area (Å²) in [6.07, 6.45) is 0. The molecule has 2 nitrogen and oxygen atoms in total. The van der Waals surface area contributed by atoms with Crippen molar-refractivity contribution in [2.45, 2.75) is 19.3 Å². The molecule has 0 radical (unpaired) electrons. The molecule has 0 bridgehead atoms. The molecule has 2 heteroatoms. The van der Waals surface area contributed by atoms with Crippen LogP contribution in [0.25, 0.3) is 77.2 Å². The van der Waals surface area contributed by atoms with E-state index in [1.807, 2.05) is 6.07 Å². The van der Waals surface area contributed by atoms with Gasteiger partial charge in [-0.2, -0.15) is 0 Å². The maximum atomic E-state index is 6.37. The zero-order valence-electron chi connectivity index (χ0n) is 31.9. The summed E-state index contributed by atoms with van der Waals surface area (Å²) in [5.41, 5.74) is 17.8. The molecule has 270 valence electrons. The first-order valence-corrected chi connectivity index (χ1v) is 19.8. The van der Waals surface area contributed by atoms with Gasteiger partial charge in [0.25, 0.3) is 0 Å². The molecule has 0 atom stereocenters. The zero-order chi connectivity index (χ0) is 38.1. The molecule has 0 saturated heterocycles. The van der Waals surface area contributed by atoms with Crippen LogP contribution in [0.2, 0.25) is 0 Å². The van der Waals surface area contributed by atoms with E-state index < -0.39 is 0 Å². The number of anilines is 3. The van der Waals surface area contributed by atoms with E-state index in [4.69, 9.17) is 4.42 Å². The molecule has 11 rings (SSSR count). The van der Waals surface area contributed by atoms with Crippen LogP contribution in [0.15, 0.2) is 205 Å². The molecule has 1 heterocycles. The average Bonchev–Trinajstić information content (AvgIpc) is 3.76. The fraction of sp³-hybridized carbons (Fsp3) is 0.0545. The van der Waals surface area contributed by atoms with Crippen LogP contribution in [0.4, 0.5) is 17.1 Å². The van der Waals surface area contributed by atoms with E-state index in [-0.39, 0.29) is 5.41 Å². The third kappa shape index (κ3) is 5.40. The first-order chi connectivity index (χ1) is 28.0. The number of hydrogen-bond donors (Lipinski definition) is 0. The van der Waals surface area contributed by atoms with E-state index in [0.29, 0.717) is 0 Å². The quantitative estimate of drug-likeness (QED) is 0.169. The molecule has 10 aromatic rings. The van der Waals surface area contributed by atoms with Crippen LogP contribution >= 0.6 is 0 Å². The summed E-state index contributed by atoms with van der Waals surface area (Å²) < 4.78 is 6.37. The second-order valence-electron chi connectivity index (χ2n) is 15.7. The highest BCUT2D eigenvalue weighted by atomic mass is 16.3. The highest BCUT2D eigenvalue weighted by Crippen LogP contribution is 2.51. The van der Waals surface area contributed by atoms with Gasteiger partial charge >= 0.3 is 0 Å². The molecule has 0 fully saturated rings. The Bertz CT molecular complexity index is 3120. The van der Waals surface area contributed by atoms with Gasteiger partial charge in [0.15, 0.2) is 0 Å².